The van der Waals surface area contributed by atoms with E-state index in [1.807, 2.05) is 12.1 Å². The van der Waals surface area contributed by atoms with Crippen LogP contribution in [0.5, 0.6) is 0 Å². The normalized spacial score (nSPS) is 16.1. The van der Waals surface area contributed by atoms with Gasteiger partial charge in [0.1, 0.15) is 0 Å². The van der Waals surface area contributed by atoms with Crippen molar-refractivity contribution < 1.29 is 8.42 Å². The summed E-state index contributed by atoms with van der Waals surface area (Å²) in [6, 6.07) is 5.30. The van der Waals surface area contributed by atoms with Crippen LogP contribution < -0.4 is 10.5 Å². The van der Waals surface area contributed by atoms with Gasteiger partial charge in [-0.2, -0.15) is 0 Å². The van der Waals surface area contributed by atoms with E-state index in [1.54, 1.807) is 6.07 Å². The fraction of sp³-hybridized carbons (Fsp3) is 0.600. The third-order valence-electron chi connectivity index (χ3n) is 3.89. The predicted octanol–water partition coefficient (Wildman–Crippen LogP) is 1.97. The molecule has 0 saturated heterocycles. The molecule has 1 unspecified atom stereocenters. The zero-order chi connectivity index (χ0) is 14.6. The van der Waals surface area contributed by atoms with E-state index in [0.717, 1.165) is 38.5 Å². The minimum atomic E-state index is -3.45. The van der Waals surface area contributed by atoms with Gasteiger partial charge in [-0.25, -0.2) is 13.1 Å². The third-order valence-corrected chi connectivity index (χ3v) is 5.41. The summed E-state index contributed by atoms with van der Waals surface area (Å²) in [6.07, 6.45) is 5.97. The second-order valence-corrected chi connectivity index (χ2v) is 7.19. The van der Waals surface area contributed by atoms with Crippen molar-refractivity contribution in [2.75, 3.05) is 6.54 Å². The lowest BCUT2D eigenvalue weighted by Gasteiger charge is -2.17. The van der Waals surface area contributed by atoms with Crippen molar-refractivity contribution in [2.45, 2.75) is 56.4 Å². The maximum atomic E-state index is 12.4. The molecule has 0 spiro atoms. The van der Waals surface area contributed by atoms with Crippen molar-refractivity contribution >= 4 is 10.0 Å². The summed E-state index contributed by atoms with van der Waals surface area (Å²) < 4.78 is 27.5. The smallest absolute Gasteiger partial charge is 0.240 e. The molecule has 0 heterocycles. The summed E-state index contributed by atoms with van der Waals surface area (Å²) in [6.45, 7) is 2.42. The largest absolute Gasteiger partial charge is 0.329 e. The fourth-order valence-corrected chi connectivity index (χ4v) is 4.01. The molecule has 5 heteroatoms. The summed E-state index contributed by atoms with van der Waals surface area (Å²) in [5.74, 6) is 0. The van der Waals surface area contributed by atoms with Gasteiger partial charge >= 0.3 is 0 Å². The Morgan fingerprint density at radius 1 is 1.30 bits per heavy atom. The van der Waals surface area contributed by atoms with Crippen molar-refractivity contribution in [3.8, 4) is 0 Å². The van der Waals surface area contributed by atoms with Gasteiger partial charge in [0.25, 0.3) is 0 Å². The molecule has 3 N–H and O–H groups in total. The van der Waals surface area contributed by atoms with Gasteiger partial charge in [0.05, 0.1) is 4.90 Å². The standard InChI is InChI=1S/C15H24N2O2S/c1-2-3-7-14(11-16)17-20(18,19)15-9-8-12-5-4-6-13(12)10-15/h8-10,14,17H,2-7,11,16H2,1H3. The lowest BCUT2D eigenvalue weighted by Crippen LogP contribution is -2.40. The summed E-state index contributed by atoms with van der Waals surface area (Å²) in [5.41, 5.74) is 8.12. The second-order valence-electron chi connectivity index (χ2n) is 5.48. The predicted molar refractivity (Wildman–Crippen MR) is 81.2 cm³/mol. The Hall–Kier alpha value is -0.910. The molecule has 0 aromatic heterocycles. The number of aryl methyl sites for hydroxylation is 2. The number of benzene rings is 1. The molecular weight excluding hydrogens is 272 g/mol. The van der Waals surface area contributed by atoms with Crippen molar-refractivity contribution in [2.24, 2.45) is 5.73 Å². The van der Waals surface area contributed by atoms with E-state index in [-0.39, 0.29) is 6.04 Å². The van der Waals surface area contributed by atoms with Gasteiger partial charge in [-0.1, -0.05) is 25.8 Å². The average molecular weight is 296 g/mol. The molecule has 1 atom stereocenters. The molecule has 0 radical (unpaired) electrons. The van der Waals surface area contributed by atoms with Crippen molar-refractivity contribution in [1.29, 1.82) is 0 Å². The Labute approximate surface area is 121 Å². The minimum absolute atomic E-state index is 0.173. The summed E-state index contributed by atoms with van der Waals surface area (Å²) >= 11 is 0. The second kappa shape index (κ2) is 6.70. The number of hydrogen-bond acceptors (Lipinski definition) is 3. The SMILES string of the molecule is CCCCC(CN)NS(=O)(=O)c1ccc2c(c1)CCC2. The van der Waals surface area contributed by atoms with E-state index in [0.29, 0.717) is 11.4 Å². The molecule has 4 nitrogen and oxygen atoms in total. The number of nitrogens with two attached hydrogens (primary N) is 1. The highest BCUT2D eigenvalue weighted by atomic mass is 32.2. The Morgan fingerprint density at radius 2 is 2.05 bits per heavy atom. The van der Waals surface area contributed by atoms with Gasteiger partial charge in [-0.15, -0.1) is 0 Å². The van der Waals surface area contributed by atoms with Gasteiger partial charge in [-0.05, 0) is 48.9 Å². The molecule has 0 fully saturated rings. The van der Waals surface area contributed by atoms with Crippen LogP contribution in [-0.4, -0.2) is 21.0 Å². The Morgan fingerprint density at radius 3 is 2.75 bits per heavy atom. The first kappa shape index (κ1) is 15.5. The van der Waals surface area contributed by atoms with Crippen LogP contribution in [0.25, 0.3) is 0 Å². The van der Waals surface area contributed by atoms with E-state index in [1.165, 1.54) is 11.1 Å². The molecule has 1 aromatic carbocycles. The summed E-state index contributed by atoms with van der Waals surface area (Å²) in [5, 5.41) is 0. The molecule has 20 heavy (non-hydrogen) atoms. The highest BCUT2D eigenvalue weighted by Crippen LogP contribution is 2.24. The zero-order valence-corrected chi connectivity index (χ0v) is 12.9. The lowest BCUT2D eigenvalue weighted by molar-refractivity contribution is 0.516. The molecule has 0 amide bonds. The first-order valence-corrected chi connectivity index (χ1v) is 8.89. The Balaban J connectivity index is 2.13. The van der Waals surface area contributed by atoms with Crippen LogP contribution in [0.4, 0.5) is 0 Å². The summed E-state index contributed by atoms with van der Waals surface area (Å²) in [4.78, 5) is 0.369. The maximum Gasteiger partial charge on any atom is 0.240 e. The van der Waals surface area contributed by atoms with Gasteiger partial charge in [0, 0.05) is 12.6 Å². The van der Waals surface area contributed by atoms with Gasteiger partial charge in [0.15, 0.2) is 0 Å². The topological polar surface area (TPSA) is 72.2 Å². The molecule has 1 aliphatic carbocycles. The number of nitrogens with one attached hydrogen (secondary N) is 1. The number of unbranched alkanes of at least 4 members (excludes halogenated alkanes) is 1. The molecular formula is C15H24N2O2S. The first-order valence-electron chi connectivity index (χ1n) is 7.41. The molecule has 1 aromatic rings. The molecule has 0 saturated carbocycles. The van der Waals surface area contributed by atoms with Crippen LogP contribution in [-0.2, 0) is 22.9 Å². The lowest BCUT2D eigenvalue weighted by atomic mass is 10.1. The van der Waals surface area contributed by atoms with Crippen LogP contribution >= 0.6 is 0 Å². The van der Waals surface area contributed by atoms with Gasteiger partial charge in [-0.3, -0.25) is 0 Å². The third kappa shape index (κ3) is 3.59. The van der Waals surface area contributed by atoms with Crippen LogP contribution in [0.1, 0.15) is 43.7 Å². The van der Waals surface area contributed by atoms with Crippen molar-refractivity contribution in [1.82, 2.24) is 4.72 Å². The Kier molecular flexibility index (Phi) is 5.18. The first-order chi connectivity index (χ1) is 9.56. The van der Waals surface area contributed by atoms with Crippen molar-refractivity contribution in [3.05, 3.63) is 29.3 Å². The molecule has 0 bridgehead atoms. The summed E-state index contributed by atoms with van der Waals surface area (Å²) in [7, 11) is -3.45. The zero-order valence-electron chi connectivity index (χ0n) is 12.1. The van der Waals surface area contributed by atoms with E-state index in [9.17, 15) is 8.42 Å². The number of sulfonamides is 1. The minimum Gasteiger partial charge on any atom is -0.329 e. The maximum absolute atomic E-state index is 12.4. The average Bonchev–Trinajstić information content (AvgIpc) is 2.90. The number of fused-ring (bicyclic) bond motifs is 1. The van der Waals surface area contributed by atoms with Crippen LogP contribution in [0.15, 0.2) is 23.1 Å². The highest BCUT2D eigenvalue weighted by molar-refractivity contribution is 7.89. The van der Waals surface area contributed by atoms with E-state index in [2.05, 4.69) is 11.6 Å². The van der Waals surface area contributed by atoms with Crippen LogP contribution in [0, 0.1) is 0 Å². The van der Waals surface area contributed by atoms with E-state index >= 15 is 0 Å². The van der Waals surface area contributed by atoms with Crippen molar-refractivity contribution in [3.63, 3.8) is 0 Å². The highest BCUT2D eigenvalue weighted by Gasteiger charge is 2.21. The van der Waals surface area contributed by atoms with Crippen LogP contribution in [0.3, 0.4) is 0 Å². The Bertz CT molecular complexity index is 555. The fourth-order valence-electron chi connectivity index (χ4n) is 2.68. The van der Waals surface area contributed by atoms with E-state index < -0.39 is 10.0 Å². The molecule has 2 rings (SSSR count). The monoisotopic (exact) mass is 296 g/mol. The number of hydrogen-bond donors (Lipinski definition) is 2. The molecule has 0 aliphatic heterocycles. The van der Waals surface area contributed by atoms with Crippen LogP contribution in [0.2, 0.25) is 0 Å². The molecule has 1 aliphatic rings. The van der Waals surface area contributed by atoms with E-state index in [4.69, 9.17) is 5.73 Å². The molecule has 112 valence electrons. The quantitative estimate of drug-likeness (QED) is 0.808. The number of rotatable bonds is 7. The van der Waals surface area contributed by atoms with Gasteiger partial charge in [0.2, 0.25) is 10.0 Å². The van der Waals surface area contributed by atoms with Gasteiger partial charge < -0.3 is 5.73 Å².